The first-order valence-electron chi connectivity index (χ1n) is 6.85. The first-order valence-corrected chi connectivity index (χ1v) is 7.67. The summed E-state index contributed by atoms with van der Waals surface area (Å²) in [4.78, 5) is 12.2. The normalized spacial score (nSPS) is 11.9. The summed E-state index contributed by atoms with van der Waals surface area (Å²) in [6.45, 7) is 5.62. The average molecular weight is 355 g/mol. The smallest absolute Gasteiger partial charge is 0.319 e. The topological polar surface area (TPSA) is 72.2 Å². The molecule has 3 aromatic rings. The number of amides is 1. The van der Waals surface area contributed by atoms with E-state index >= 15 is 0 Å². The molecule has 6 nitrogen and oxygen atoms in total. The molecule has 126 valence electrons. The SMILES string of the molecule is Cc1cc(C)c(NC(=O)c2nn3c(C(F)(F)F)nnc3s2)c(C)c1. The van der Waals surface area contributed by atoms with E-state index in [-0.39, 0.29) is 9.97 Å². The van der Waals surface area contributed by atoms with Gasteiger partial charge in [-0.2, -0.15) is 17.7 Å². The van der Waals surface area contributed by atoms with E-state index in [1.165, 1.54) is 0 Å². The fourth-order valence-electron chi connectivity index (χ4n) is 2.43. The van der Waals surface area contributed by atoms with Crippen molar-refractivity contribution in [1.29, 1.82) is 0 Å². The molecule has 0 aliphatic carbocycles. The second kappa shape index (κ2) is 5.55. The van der Waals surface area contributed by atoms with Gasteiger partial charge in [-0.25, -0.2) is 0 Å². The number of aromatic nitrogens is 4. The molecule has 1 aromatic carbocycles. The van der Waals surface area contributed by atoms with E-state index in [0.29, 0.717) is 10.2 Å². The number of rotatable bonds is 2. The van der Waals surface area contributed by atoms with Gasteiger partial charge in [0.05, 0.1) is 0 Å². The summed E-state index contributed by atoms with van der Waals surface area (Å²) in [5, 5.41) is 12.7. The summed E-state index contributed by atoms with van der Waals surface area (Å²) in [5.41, 5.74) is 3.39. The van der Waals surface area contributed by atoms with Crippen molar-refractivity contribution in [2.45, 2.75) is 26.9 Å². The molecule has 2 aromatic heterocycles. The van der Waals surface area contributed by atoms with Gasteiger partial charge in [-0.15, -0.1) is 15.3 Å². The minimum absolute atomic E-state index is 0.0928. The van der Waals surface area contributed by atoms with Crippen LogP contribution < -0.4 is 5.32 Å². The van der Waals surface area contributed by atoms with Crippen molar-refractivity contribution < 1.29 is 18.0 Å². The van der Waals surface area contributed by atoms with Crippen LogP contribution in [-0.4, -0.2) is 25.7 Å². The standard InChI is InChI=1S/C14H12F3N5OS/c1-6-4-7(2)9(8(3)5-6)18-10(23)11-21-22-12(14(15,16)17)19-20-13(22)24-11/h4-5H,1-3H3,(H,18,23). The lowest BCUT2D eigenvalue weighted by Crippen LogP contribution is -2.16. The number of fused-ring (bicyclic) bond motifs is 1. The lowest BCUT2D eigenvalue weighted by Gasteiger charge is -2.11. The largest absolute Gasteiger partial charge is 0.453 e. The maximum Gasteiger partial charge on any atom is 0.453 e. The molecule has 24 heavy (non-hydrogen) atoms. The Morgan fingerprint density at radius 2 is 1.79 bits per heavy atom. The lowest BCUT2D eigenvalue weighted by molar-refractivity contribution is -0.146. The van der Waals surface area contributed by atoms with Gasteiger partial charge in [0, 0.05) is 5.69 Å². The minimum Gasteiger partial charge on any atom is -0.319 e. The lowest BCUT2D eigenvalue weighted by atomic mass is 10.1. The van der Waals surface area contributed by atoms with Gasteiger partial charge in [-0.3, -0.25) is 4.79 Å². The van der Waals surface area contributed by atoms with Crippen LogP contribution in [0, 0.1) is 20.8 Å². The molecule has 1 amide bonds. The van der Waals surface area contributed by atoms with E-state index < -0.39 is 17.9 Å². The summed E-state index contributed by atoms with van der Waals surface area (Å²) in [7, 11) is 0. The Morgan fingerprint density at radius 3 is 2.38 bits per heavy atom. The van der Waals surface area contributed by atoms with E-state index in [2.05, 4.69) is 20.6 Å². The van der Waals surface area contributed by atoms with Crippen LogP contribution in [0.2, 0.25) is 0 Å². The van der Waals surface area contributed by atoms with Crippen molar-refractivity contribution >= 4 is 27.9 Å². The second-order valence-corrected chi connectivity index (χ2v) is 6.31. The van der Waals surface area contributed by atoms with Gasteiger partial charge in [0.25, 0.3) is 11.7 Å². The predicted molar refractivity (Wildman–Crippen MR) is 82.3 cm³/mol. The number of carbonyl (C=O) groups excluding carboxylic acids is 1. The molecule has 0 bridgehead atoms. The van der Waals surface area contributed by atoms with E-state index in [0.717, 1.165) is 28.0 Å². The van der Waals surface area contributed by atoms with Crippen LogP contribution in [0.5, 0.6) is 0 Å². The molecule has 2 heterocycles. The number of anilines is 1. The van der Waals surface area contributed by atoms with Crippen molar-refractivity contribution in [2.24, 2.45) is 0 Å². The second-order valence-electron chi connectivity index (χ2n) is 5.35. The Kier molecular flexibility index (Phi) is 3.78. The van der Waals surface area contributed by atoms with Crippen LogP contribution in [0.1, 0.15) is 32.3 Å². The van der Waals surface area contributed by atoms with Crippen molar-refractivity contribution in [3.8, 4) is 0 Å². The highest BCUT2D eigenvalue weighted by Gasteiger charge is 2.38. The third-order valence-corrected chi connectivity index (χ3v) is 4.25. The average Bonchev–Trinajstić information content (AvgIpc) is 3.00. The van der Waals surface area contributed by atoms with E-state index in [4.69, 9.17) is 0 Å². The zero-order valence-electron chi connectivity index (χ0n) is 12.9. The van der Waals surface area contributed by atoms with Crippen molar-refractivity contribution in [3.63, 3.8) is 0 Å². The van der Waals surface area contributed by atoms with Gasteiger partial charge in [0.15, 0.2) is 0 Å². The number of aryl methyl sites for hydroxylation is 3. The summed E-state index contributed by atoms with van der Waals surface area (Å²) >= 11 is 0.743. The van der Waals surface area contributed by atoms with Crippen molar-refractivity contribution in [2.75, 3.05) is 5.32 Å². The van der Waals surface area contributed by atoms with Gasteiger partial charge < -0.3 is 5.32 Å². The maximum absolute atomic E-state index is 12.8. The zero-order valence-corrected chi connectivity index (χ0v) is 13.7. The van der Waals surface area contributed by atoms with Crippen LogP contribution in [0.15, 0.2) is 12.1 Å². The Morgan fingerprint density at radius 1 is 1.17 bits per heavy atom. The Hall–Kier alpha value is -2.49. The maximum atomic E-state index is 12.8. The molecule has 0 atom stereocenters. The molecule has 0 saturated heterocycles. The van der Waals surface area contributed by atoms with Crippen molar-refractivity contribution in [1.82, 2.24) is 19.8 Å². The van der Waals surface area contributed by atoms with E-state index in [1.807, 2.05) is 32.9 Å². The van der Waals surface area contributed by atoms with Gasteiger partial charge in [0.1, 0.15) is 0 Å². The molecule has 10 heteroatoms. The minimum atomic E-state index is -4.69. The fraction of sp³-hybridized carbons (Fsp3) is 0.286. The number of benzene rings is 1. The van der Waals surface area contributed by atoms with Crippen molar-refractivity contribution in [3.05, 3.63) is 39.7 Å². The Balaban J connectivity index is 1.94. The monoisotopic (exact) mass is 355 g/mol. The quantitative estimate of drug-likeness (QED) is 0.765. The predicted octanol–water partition coefficient (Wildman–Crippen LogP) is 3.38. The number of nitrogens with zero attached hydrogens (tertiary/aromatic N) is 4. The van der Waals surface area contributed by atoms with E-state index in [9.17, 15) is 18.0 Å². The highest BCUT2D eigenvalue weighted by atomic mass is 32.1. The van der Waals surface area contributed by atoms with Gasteiger partial charge in [0.2, 0.25) is 9.97 Å². The number of halogens is 3. The first kappa shape index (κ1) is 16.4. The summed E-state index contributed by atoms with van der Waals surface area (Å²) in [6, 6.07) is 3.81. The molecule has 1 N–H and O–H groups in total. The van der Waals surface area contributed by atoms with Crippen LogP contribution in [0.3, 0.4) is 0 Å². The molecule has 0 saturated carbocycles. The van der Waals surface area contributed by atoms with Crippen LogP contribution in [-0.2, 0) is 6.18 Å². The fourth-order valence-corrected chi connectivity index (χ4v) is 3.16. The highest BCUT2D eigenvalue weighted by Crippen LogP contribution is 2.29. The number of hydrogen-bond donors (Lipinski definition) is 1. The number of nitrogens with one attached hydrogen (secondary N) is 1. The van der Waals surface area contributed by atoms with E-state index in [1.54, 1.807) is 0 Å². The van der Waals surface area contributed by atoms with Crippen LogP contribution >= 0.6 is 11.3 Å². The zero-order chi connectivity index (χ0) is 17.6. The molecule has 0 fully saturated rings. The molecule has 0 spiro atoms. The third kappa shape index (κ3) is 2.84. The number of alkyl halides is 3. The molecule has 3 rings (SSSR count). The first-order chi connectivity index (χ1) is 11.2. The Labute approximate surface area is 138 Å². The third-order valence-electron chi connectivity index (χ3n) is 3.35. The summed E-state index contributed by atoms with van der Waals surface area (Å²) < 4.78 is 38.9. The molecule has 0 aliphatic rings. The molecule has 0 unspecified atom stereocenters. The molecule has 0 radical (unpaired) electrons. The van der Waals surface area contributed by atoms with Crippen LogP contribution in [0.4, 0.5) is 18.9 Å². The molecule has 0 aliphatic heterocycles. The molecular formula is C14H12F3N5OS. The Bertz CT molecular complexity index is 921. The summed E-state index contributed by atoms with van der Waals surface area (Å²) in [5.74, 6) is -1.84. The number of carbonyl (C=O) groups is 1. The van der Waals surface area contributed by atoms with Crippen LogP contribution in [0.25, 0.3) is 4.96 Å². The summed E-state index contributed by atoms with van der Waals surface area (Å²) in [6.07, 6.45) is -4.69. The number of hydrogen-bond acceptors (Lipinski definition) is 5. The molecular weight excluding hydrogens is 343 g/mol. The highest BCUT2D eigenvalue weighted by molar-refractivity contribution is 7.18. The van der Waals surface area contributed by atoms with Gasteiger partial charge in [-0.05, 0) is 31.9 Å². The van der Waals surface area contributed by atoms with Gasteiger partial charge in [-0.1, -0.05) is 29.0 Å². The van der Waals surface area contributed by atoms with Gasteiger partial charge >= 0.3 is 6.18 Å².